The zero-order chi connectivity index (χ0) is 11.8. The summed E-state index contributed by atoms with van der Waals surface area (Å²) < 4.78 is 0. The molecule has 0 aromatic carbocycles. The van der Waals surface area contributed by atoms with E-state index in [0.717, 1.165) is 18.9 Å². The molecule has 0 radical (unpaired) electrons. The molecule has 1 rings (SSSR count). The van der Waals surface area contributed by atoms with E-state index < -0.39 is 0 Å². The molecule has 0 bridgehead atoms. The van der Waals surface area contributed by atoms with Crippen molar-refractivity contribution < 1.29 is 4.79 Å². The van der Waals surface area contributed by atoms with E-state index in [9.17, 15) is 4.79 Å². The van der Waals surface area contributed by atoms with Crippen molar-refractivity contribution in [1.82, 2.24) is 10.6 Å². The lowest BCUT2D eigenvalue weighted by Gasteiger charge is -2.13. The van der Waals surface area contributed by atoms with E-state index in [2.05, 4.69) is 24.5 Å². The van der Waals surface area contributed by atoms with Crippen LogP contribution in [0.25, 0.3) is 0 Å². The summed E-state index contributed by atoms with van der Waals surface area (Å²) in [5.41, 5.74) is 0. The molecule has 94 valence electrons. The lowest BCUT2D eigenvalue weighted by Crippen LogP contribution is -2.38. The van der Waals surface area contributed by atoms with Gasteiger partial charge in [0.1, 0.15) is 0 Å². The minimum atomic E-state index is 0.141. The van der Waals surface area contributed by atoms with Crippen molar-refractivity contribution >= 4 is 17.7 Å². The predicted molar refractivity (Wildman–Crippen MR) is 70.8 cm³/mol. The summed E-state index contributed by atoms with van der Waals surface area (Å²) >= 11 is 1.95. The molecule has 3 nitrogen and oxygen atoms in total. The van der Waals surface area contributed by atoms with E-state index in [1.165, 1.54) is 24.3 Å². The van der Waals surface area contributed by atoms with Crippen molar-refractivity contribution in [2.24, 2.45) is 5.92 Å². The number of rotatable bonds is 9. The third kappa shape index (κ3) is 7.12. The number of carbonyl (C=O) groups excluding carboxylic acids is 1. The molecule has 4 heteroatoms. The molecule has 0 spiro atoms. The molecule has 1 unspecified atom stereocenters. The largest absolute Gasteiger partial charge is 0.355 e. The molecule has 1 aliphatic carbocycles. The van der Waals surface area contributed by atoms with Gasteiger partial charge >= 0.3 is 0 Å². The average molecular weight is 244 g/mol. The fraction of sp³-hybridized carbons (Fsp3) is 0.917. The summed E-state index contributed by atoms with van der Waals surface area (Å²) in [5, 5.41) is 6.22. The summed E-state index contributed by atoms with van der Waals surface area (Å²) in [7, 11) is 0. The highest BCUT2D eigenvalue weighted by atomic mass is 32.2. The molecule has 2 N–H and O–H groups in total. The van der Waals surface area contributed by atoms with Crippen molar-refractivity contribution in [3.05, 3.63) is 0 Å². The molecular formula is C12H24N2OS. The van der Waals surface area contributed by atoms with Gasteiger partial charge in [-0.2, -0.15) is 11.8 Å². The molecule has 1 atom stereocenters. The quantitative estimate of drug-likeness (QED) is 0.606. The Bertz CT molecular complexity index is 207. The Hall–Kier alpha value is -0.220. The summed E-state index contributed by atoms with van der Waals surface area (Å²) in [6, 6.07) is 0.436. The zero-order valence-corrected chi connectivity index (χ0v) is 11.2. The third-order valence-corrected chi connectivity index (χ3v) is 3.73. The third-order valence-electron chi connectivity index (χ3n) is 2.80. The van der Waals surface area contributed by atoms with Gasteiger partial charge in [0.05, 0.1) is 6.54 Å². The first kappa shape index (κ1) is 13.8. The van der Waals surface area contributed by atoms with Crippen molar-refractivity contribution in [2.75, 3.05) is 24.6 Å². The molecule has 16 heavy (non-hydrogen) atoms. The Kier molecular flexibility index (Phi) is 6.88. The lowest BCUT2D eigenvalue weighted by atomic mass is 10.2. The van der Waals surface area contributed by atoms with Crippen LogP contribution in [0, 0.1) is 5.92 Å². The second-order valence-corrected chi connectivity index (χ2v) is 5.91. The monoisotopic (exact) mass is 244 g/mol. The summed E-state index contributed by atoms with van der Waals surface area (Å²) in [4.78, 5) is 11.4. The summed E-state index contributed by atoms with van der Waals surface area (Å²) in [6.07, 6.45) is 3.71. The Balaban J connectivity index is 1.92. The van der Waals surface area contributed by atoms with Gasteiger partial charge in [-0.25, -0.2) is 0 Å². The fourth-order valence-corrected chi connectivity index (χ4v) is 2.22. The molecule has 1 fully saturated rings. The van der Waals surface area contributed by atoms with E-state index in [0.29, 0.717) is 12.6 Å². The molecule has 1 saturated carbocycles. The van der Waals surface area contributed by atoms with Gasteiger partial charge in [0, 0.05) is 12.6 Å². The molecule has 0 aliphatic heterocycles. The van der Waals surface area contributed by atoms with Crippen LogP contribution in [0.5, 0.6) is 0 Å². The van der Waals surface area contributed by atoms with E-state index in [4.69, 9.17) is 0 Å². The molecule has 0 aromatic rings. The van der Waals surface area contributed by atoms with Gasteiger partial charge in [0.25, 0.3) is 0 Å². The minimum absolute atomic E-state index is 0.141. The van der Waals surface area contributed by atoms with Crippen LogP contribution in [-0.2, 0) is 4.79 Å². The average Bonchev–Trinajstić information content (AvgIpc) is 3.08. The minimum Gasteiger partial charge on any atom is -0.355 e. The number of carbonyl (C=O) groups is 1. The van der Waals surface area contributed by atoms with Crippen LogP contribution < -0.4 is 10.6 Å². The van der Waals surface area contributed by atoms with E-state index in [1.54, 1.807) is 0 Å². The van der Waals surface area contributed by atoms with Crippen molar-refractivity contribution in [3.8, 4) is 0 Å². The zero-order valence-electron chi connectivity index (χ0n) is 10.4. The van der Waals surface area contributed by atoms with Gasteiger partial charge in [0.15, 0.2) is 0 Å². The van der Waals surface area contributed by atoms with E-state index in [-0.39, 0.29) is 5.91 Å². The topological polar surface area (TPSA) is 41.1 Å². The summed E-state index contributed by atoms with van der Waals surface area (Å²) in [6.45, 7) is 5.66. The number of hydrogen-bond donors (Lipinski definition) is 2. The number of hydrogen-bond acceptors (Lipinski definition) is 3. The van der Waals surface area contributed by atoms with Gasteiger partial charge < -0.3 is 10.6 Å². The second kappa shape index (κ2) is 7.96. The molecule has 0 heterocycles. The van der Waals surface area contributed by atoms with Crippen LogP contribution in [0.3, 0.4) is 0 Å². The van der Waals surface area contributed by atoms with Gasteiger partial charge in [-0.05, 0) is 43.6 Å². The lowest BCUT2D eigenvalue weighted by molar-refractivity contribution is -0.120. The highest BCUT2D eigenvalue weighted by Gasteiger charge is 2.21. The highest BCUT2D eigenvalue weighted by molar-refractivity contribution is 7.99. The van der Waals surface area contributed by atoms with Crippen LogP contribution in [0.2, 0.25) is 0 Å². The van der Waals surface area contributed by atoms with Crippen LogP contribution in [0.15, 0.2) is 0 Å². The van der Waals surface area contributed by atoms with Gasteiger partial charge in [-0.1, -0.05) is 6.92 Å². The van der Waals surface area contributed by atoms with Crippen LogP contribution in [0.1, 0.15) is 33.1 Å². The Morgan fingerprint density at radius 2 is 2.25 bits per heavy atom. The SMILES string of the molecule is CCSCCC(C)NCC(=O)NCC1CC1. The second-order valence-electron chi connectivity index (χ2n) is 4.51. The number of thioether (sulfide) groups is 1. The predicted octanol–water partition coefficient (Wildman–Crippen LogP) is 1.63. The molecule has 0 aromatic heterocycles. The maximum Gasteiger partial charge on any atom is 0.233 e. The molecular weight excluding hydrogens is 220 g/mol. The maximum absolute atomic E-state index is 11.4. The standard InChI is InChI=1S/C12H24N2OS/c1-3-16-7-6-10(2)13-9-12(15)14-8-11-4-5-11/h10-11,13H,3-9H2,1-2H3,(H,14,15). The maximum atomic E-state index is 11.4. The Labute approximate surface area is 103 Å². The van der Waals surface area contributed by atoms with Gasteiger partial charge in [0.2, 0.25) is 5.91 Å². The van der Waals surface area contributed by atoms with Gasteiger partial charge in [-0.15, -0.1) is 0 Å². The first-order chi connectivity index (χ1) is 7.72. The van der Waals surface area contributed by atoms with Crippen LogP contribution in [0.4, 0.5) is 0 Å². The first-order valence-corrected chi connectivity index (χ1v) is 7.45. The van der Waals surface area contributed by atoms with Crippen molar-refractivity contribution in [2.45, 2.75) is 39.2 Å². The molecule has 1 aliphatic rings. The Morgan fingerprint density at radius 1 is 1.50 bits per heavy atom. The molecule has 0 saturated heterocycles. The number of amides is 1. The molecule has 1 amide bonds. The highest BCUT2D eigenvalue weighted by Crippen LogP contribution is 2.27. The van der Waals surface area contributed by atoms with Crippen LogP contribution >= 0.6 is 11.8 Å². The smallest absolute Gasteiger partial charge is 0.233 e. The normalized spacial score (nSPS) is 17.1. The first-order valence-electron chi connectivity index (χ1n) is 6.30. The van der Waals surface area contributed by atoms with E-state index in [1.807, 2.05) is 11.8 Å². The van der Waals surface area contributed by atoms with Crippen molar-refractivity contribution in [3.63, 3.8) is 0 Å². The summed E-state index contributed by atoms with van der Waals surface area (Å²) in [5.74, 6) is 3.26. The van der Waals surface area contributed by atoms with Crippen LogP contribution in [-0.4, -0.2) is 36.5 Å². The van der Waals surface area contributed by atoms with Crippen molar-refractivity contribution in [1.29, 1.82) is 0 Å². The number of nitrogens with one attached hydrogen (secondary N) is 2. The van der Waals surface area contributed by atoms with E-state index >= 15 is 0 Å². The van der Waals surface area contributed by atoms with Gasteiger partial charge in [-0.3, -0.25) is 4.79 Å². The fourth-order valence-electron chi connectivity index (χ4n) is 1.42. The Morgan fingerprint density at radius 3 is 2.88 bits per heavy atom.